The van der Waals surface area contributed by atoms with Crippen LogP contribution < -0.4 is 5.32 Å². The number of nitrogens with one attached hydrogen (secondary N) is 1. The van der Waals surface area contributed by atoms with Gasteiger partial charge in [-0.2, -0.15) is 0 Å². The smallest absolute Gasteiger partial charge is 0.0325 e. The highest BCUT2D eigenvalue weighted by atomic mass is 79.9. The van der Waals surface area contributed by atoms with Gasteiger partial charge in [0.25, 0.3) is 0 Å². The Labute approximate surface area is 137 Å². The van der Waals surface area contributed by atoms with Gasteiger partial charge in [0.1, 0.15) is 0 Å². The molecule has 20 heavy (non-hydrogen) atoms. The average molecular weight is 361 g/mol. The number of rotatable bonds is 8. The number of halogens is 1. The van der Waals surface area contributed by atoms with Gasteiger partial charge in [-0.15, -0.1) is 11.3 Å². The highest BCUT2D eigenvalue weighted by Gasteiger charge is 2.23. The molecule has 0 saturated carbocycles. The Morgan fingerprint density at radius 1 is 1.40 bits per heavy atom. The Bertz CT molecular complexity index is 384. The number of thiophene rings is 1. The molecule has 1 aromatic heterocycles. The standard InChI is InChI=1S/C16H29BrN2S/c1-6-8-18-15(16(2,3)4)7-9-19(5)11-14-10-13(17)12-20-14/h10,12,15,18H,6-9,11H2,1-5H3. The third-order valence-electron chi connectivity index (χ3n) is 3.53. The molecule has 0 aliphatic rings. The average Bonchev–Trinajstić information content (AvgIpc) is 2.73. The van der Waals surface area contributed by atoms with Gasteiger partial charge in [0.15, 0.2) is 0 Å². The molecule has 0 spiro atoms. The molecule has 2 nitrogen and oxygen atoms in total. The van der Waals surface area contributed by atoms with Crippen LogP contribution in [-0.4, -0.2) is 31.1 Å². The lowest BCUT2D eigenvalue weighted by molar-refractivity contribution is 0.219. The van der Waals surface area contributed by atoms with Crippen LogP contribution in [0.1, 0.15) is 45.4 Å². The summed E-state index contributed by atoms with van der Waals surface area (Å²) in [5.41, 5.74) is 0.321. The maximum absolute atomic E-state index is 3.70. The van der Waals surface area contributed by atoms with Crippen LogP contribution in [0.3, 0.4) is 0 Å². The van der Waals surface area contributed by atoms with Gasteiger partial charge in [0.2, 0.25) is 0 Å². The monoisotopic (exact) mass is 360 g/mol. The lowest BCUT2D eigenvalue weighted by Crippen LogP contribution is -2.42. The van der Waals surface area contributed by atoms with Gasteiger partial charge in [-0.3, -0.25) is 0 Å². The molecule has 0 radical (unpaired) electrons. The molecule has 0 saturated heterocycles. The Balaban J connectivity index is 2.41. The SMILES string of the molecule is CCCNC(CCN(C)Cc1cc(Br)cs1)C(C)(C)C. The molecule has 0 aromatic carbocycles. The zero-order valence-electron chi connectivity index (χ0n) is 13.5. The summed E-state index contributed by atoms with van der Waals surface area (Å²) in [6.45, 7) is 12.5. The molecule has 4 heteroatoms. The number of nitrogens with zero attached hydrogens (tertiary/aromatic N) is 1. The van der Waals surface area contributed by atoms with E-state index in [4.69, 9.17) is 0 Å². The summed E-state index contributed by atoms with van der Waals surface area (Å²) in [6.07, 6.45) is 2.40. The lowest BCUT2D eigenvalue weighted by atomic mass is 9.84. The van der Waals surface area contributed by atoms with Gasteiger partial charge in [-0.1, -0.05) is 27.7 Å². The molecule has 1 N–H and O–H groups in total. The minimum Gasteiger partial charge on any atom is -0.313 e. The maximum atomic E-state index is 3.70. The first kappa shape index (κ1) is 18.1. The molecule has 1 aromatic rings. The van der Waals surface area contributed by atoms with E-state index in [1.807, 2.05) is 11.3 Å². The van der Waals surface area contributed by atoms with E-state index in [1.54, 1.807) is 0 Å². The summed E-state index contributed by atoms with van der Waals surface area (Å²) < 4.78 is 1.20. The van der Waals surface area contributed by atoms with Crippen LogP contribution >= 0.6 is 27.3 Å². The van der Waals surface area contributed by atoms with E-state index in [-0.39, 0.29) is 0 Å². The molecule has 1 atom stereocenters. The minimum absolute atomic E-state index is 0.321. The molecule has 0 aliphatic carbocycles. The highest BCUT2D eigenvalue weighted by Crippen LogP contribution is 2.23. The zero-order valence-corrected chi connectivity index (χ0v) is 15.9. The fraction of sp³-hybridized carbons (Fsp3) is 0.750. The fourth-order valence-electron chi connectivity index (χ4n) is 2.29. The van der Waals surface area contributed by atoms with Crippen molar-refractivity contribution in [2.45, 2.75) is 53.1 Å². The van der Waals surface area contributed by atoms with Crippen LogP contribution in [0.15, 0.2) is 15.9 Å². The third-order valence-corrected chi connectivity index (χ3v) is 5.22. The van der Waals surface area contributed by atoms with Crippen molar-refractivity contribution in [3.63, 3.8) is 0 Å². The van der Waals surface area contributed by atoms with Crippen molar-refractivity contribution >= 4 is 27.3 Å². The highest BCUT2D eigenvalue weighted by molar-refractivity contribution is 9.10. The third kappa shape index (κ3) is 6.70. The Hall–Kier alpha value is 0.1000. The van der Waals surface area contributed by atoms with E-state index in [0.717, 1.165) is 19.6 Å². The van der Waals surface area contributed by atoms with Crippen molar-refractivity contribution in [3.8, 4) is 0 Å². The van der Waals surface area contributed by atoms with Gasteiger partial charge in [0.05, 0.1) is 0 Å². The van der Waals surface area contributed by atoms with Gasteiger partial charge in [-0.25, -0.2) is 0 Å². The topological polar surface area (TPSA) is 15.3 Å². The van der Waals surface area contributed by atoms with Crippen LogP contribution in [0.5, 0.6) is 0 Å². The van der Waals surface area contributed by atoms with Crippen molar-refractivity contribution in [2.24, 2.45) is 5.41 Å². The van der Waals surface area contributed by atoms with Crippen LogP contribution in [0, 0.1) is 5.41 Å². The Morgan fingerprint density at radius 3 is 2.60 bits per heavy atom. The predicted octanol–water partition coefficient (Wildman–Crippen LogP) is 4.75. The summed E-state index contributed by atoms with van der Waals surface area (Å²) in [5.74, 6) is 0. The maximum Gasteiger partial charge on any atom is 0.0325 e. The quantitative estimate of drug-likeness (QED) is 0.719. The van der Waals surface area contributed by atoms with Gasteiger partial charge in [-0.05, 0) is 60.4 Å². The van der Waals surface area contributed by atoms with E-state index in [9.17, 15) is 0 Å². The second-order valence-electron chi connectivity index (χ2n) is 6.63. The normalized spacial score (nSPS) is 13.9. The Kier molecular flexibility index (Phi) is 7.73. The van der Waals surface area contributed by atoms with Gasteiger partial charge >= 0.3 is 0 Å². The van der Waals surface area contributed by atoms with Crippen LogP contribution in [-0.2, 0) is 6.54 Å². The molecule has 0 bridgehead atoms. The van der Waals surface area contributed by atoms with Crippen LogP contribution in [0.2, 0.25) is 0 Å². The summed E-state index contributed by atoms with van der Waals surface area (Å²) >= 11 is 5.35. The van der Waals surface area contributed by atoms with E-state index in [2.05, 4.69) is 72.3 Å². The first-order valence-electron chi connectivity index (χ1n) is 7.47. The molecular weight excluding hydrogens is 332 g/mol. The van der Waals surface area contributed by atoms with E-state index < -0.39 is 0 Å². The zero-order chi connectivity index (χ0) is 15.2. The summed E-state index contributed by atoms with van der Waals surface area (Å²) in [6, 6.07) is 2.80. The summed E-state index contributed by atoms with van der Waals surface area (Å²) in [5, 5.41) is 5.86. The number of hydrogen-bond acceptors (Lipinski definition) is 3. The minimum atomic E-state index is 0.321. The van der Waals surface area contributed by atoms with E-state index in [0.29, 0.717) is 11.5 Å². The van der Waals surface area contributed by atoms with Crippen molar-refractivity contribution in [2.75, 3.05) is 20.1 Å². The van der Waals surface area contributed by atoms with Gasteiger partial charge in [0, 0.05) is 27.3 Å². The molecule has 1 unspecified atom stereocenters. The summed E-state index contributed by atoms with van der Waals surface area (Å²) in [4.78, 5) is 3.85. The Morgan fingerprint density at radius 2 is 2.10 bits per heavy atom. The second kappa shape index (κ2) is 8.52. The molecule has 0 fully saturated rings. The second-order valence-corrected chi connectivity index (χ2v) is 8.54. The molecule has 1 rings (SSSR count). The van der Waals surface area contributed by atoms with E-state index >= 15 is 0 Å². The van der Waals surface area contributed by atoms with Gasteiger partial charge < -0.3 is 10.2 Å². The van der Waals surface area contributed by atoms with Crippen molar-refractivity contribution in [3.05, 3.63) is 20.8 Å². The lowest BCUT2D eigenvalue weighted by Gasteiger charge is -2.33. The first-order chi connectivity index (χ1) is 9.32. The molecular formula is C16H29BrN2S. The molecule has 0 amide bonds. The van der Waals surface area contributed by atoms with E-state index in [1.165, 1.54) is 22.2 Å². The molecule has 0 aliphatic heterocycles. The molecule has 116 valence electrons. The predicted molar refractivity (Wildman–Crippen MR) is 94.5 cm³/mol. The fourth-order valence-corrected chi connectivity index (χ4v) is 3.82. The van der Waals surface area contributed by atoms with Crippen molar-refractivity contribution < 1.29 is 0 Å². The number of hydrogen-bond donors (Lipinski definition) is 1. The van der Waals surface area contributed by atoms with Crippen LogP contribution in [0.4, 0.5) is 0 Å². The largest absolute Gasteiger partial charge is 0.313 e. The molecule has 1 heterocycles. The summed E-state index contributed by atoms with van der Waals surface area (Å²) in [7, 11) is 2.22. The first-order valence-corrected chi connectivity index (χ1v) is 9.15. The van der Waals surface area contributed by atoms with Crippen molar-refractivity contribution in [1.82, 2.24) is 10.2 Å². The van der Waals surface area contributed by atoms with Crippen LogP contribution in [0.25, 0.3) is 0 Å². The van der Waals surface area contributed by atoms with Crippen molar-refractivity contribution in [1.29, 1.82) is 0 Å².